The predicted octanol–water partition coefficient (Wildman–Crippen LogP) is 5.20. The minimum atomic E-state index is -1.10. The monoisotopic (exact) mass is 423 g/mol. The maximum Gasteiger partial charge on any atom is 0.311 e. The molecule has 1 amide bonds. The van der Waals surface area contributed by atoms with E-state index in [0.717, 1.165) is 5.56 Å². The first-order chi connectivity index (χ1) is 14.6. The molecule has 0 fully saturated rings. The van der Waals surface area contributed by atoms with E-state index in [1.165, 1.54) is 0 Å². The Hall–Kier alpha value is -3.31. The lowest BCUT2D eigenvalue weighted by molar-refractivity contribution is -0.154. The second-order valence-corrected chi connectivity index (χ2v) is 6.94. The van der Waals surface area contributed by atoms with Crippen molar-refractivity contribution in [1.82, 2.24) is 0 Å². The zero-order valence-corrected chi connectivity index (χ0v) is 17.3. The molecule has 0 aliphatic carbocycles. The third kappa shape index (κ3) is 5.84. The van der Waals surface area contributed by atoms with Crippen LogP contribution < -0.4 is 10.1 Å². The SMILES string of the molecule is CCOc1ccccc1NC(=O)[C@@H](OC(=O)Cc1ccc(Cl)cc1)c1ccccc1. The van der Waals surface area contributed by atoms with E-state index in [9.17, 15) is 9.59 Å². The fourth-order valence-electron chi connectivity index (χ4n) is 2.89. The summed E-state index contributed by atoms with van der Waals surface area (Å²) in [7, 11) is 0. The minimum absolute atomic E-state index is 0.0311. The molecule has 3 aromatic carbocycles. The molecular formula is C24H22ClNO4. The van der Waals surface area contributed by atoms with Gasteiger partial charge in [0.25, 0.3) is 5.91 Å². The van der Waals surface area contributed by atoms with Crippen molar-refractivity contribution in [2.45, 2.75) is 19.4 Å². The van der Waals surface area contributed by atoms with Crippen LogP contribution >= 0.6 is 11.6 Å². The van der Waals surface area contributed by atoms with Gasteiger partial charge in [-0.1, -0.05) is 66.2 Å². The van der Waals surface area contributed by atoms with Crippen molar-refractivity contribution in [2.24, 2.45) is 0 Å². The van der Waals surface area contributed by atoms with Crippen LogP contribution in [0, 0.1) is 0 Å². The third-order valence-corrected chi connectivity index (χ3v) is 4.55. The molecule has 0 radical (unpaired) electrons. The van der Waals surface area contributed by atoms with Crippen molar-refractivity contribution in [3.05, 3.63) is 95.0 Å². The topological polar surface area (TPSA) is 64.6 Å². The second kappa shape index (κ2) is 10.5. The maximum absolute atomic E-state index is 13.0. The summed E-state index contributed by atoms with van der Waals surface area (Å²) in [4.78, 5) is 25.6. The standard InChI is InChI=1S/C24H22ClNO4/c1-2-29-21-11-7-6-10-20(21)26-24(28)23(18-8-4-3-5-9-18)30-22(27)16-17-12-14-19(25)15-13-17/h3-15,23H,2,16H2,1H3,(H,26,28)/t23-/m0/s1. The summed E-state index contributed by atoms with van der Waals surface area (Å²) in [5.41, 5.74) is 1.84. The second-order valence-electron chi connectivity index (χ2n) is 6.50. The van der Waals surface area contributed by atoms with Gasteiger partial charge >= 0.3 is 5.97 Å². The normalized spacial score (nSPS) is 11.4. The molecular weight excluding hydrogens is 402 g/mol. The molecule has 0 bridgehead atoms. The maximum atomic E-state index is 13.0. The number of ether oxygens (including phenoxy) is 2. The van der Waals surface area contributed by atoms with Crippen LogP contribution in [0.5, 0.6) is 5.75 Å². The van der Waals surface area contributed by atoms with Gasteiger partial charge in [0.1, 0.15) is 5.75 Å². The molecule has 3 rings (SSSR count). The molecule has 0 spiro atoms. The molecule has 0 unspecified atom stereocenters. The first-order valence-electron chi connectivity index (χ1n) is 9.58. The lowest BCUT2D eigenvalue weighted by Gasteiger charge is -2.19. The van der Waals surface area contributed by atoms with E-state index >= 15 is 0 Å². The van der Waals surface area contributed by atoms with Gasteiger partial charge in [0, 0.05) is 10.6 Å². The number of carbonyl (C=O) groups excluding carboxylic acids is 2. The highest BCUT2D eigenvalue weighted by atomic mass is 35.5. The van der Waals surface area contributed by atoms with Crippen LogP contribution in [0.25, 0.3) is 0 Å². The van der Waals surface area contributed by atoms with Crippen molar-refractivity contribution in [3.63, 3.8) is 0 Å². The Morgan fingerprint density at radius 1 is 0.933 bits per heavy atom. The number of anilines is 1. The van der Waals surface area contributed by atoms with E-state index in [1.807, 2.05) is 19.1 Å². The molecule has 0 aliphatic rings. The summed E-state index contributed by atoms with van der Waals surface area (Å²) in [6.45, 7) is 2.33. The Kier molecular flexibility index (Phi) is 7.46. The minimum Gasteiger partial charge on any atom is -0.492 e. The summed E-state index contributed by atoms with van der Waals surface area (Å²) in [6.07, 6.45) is -1.07. The van der Waals surface area contributed by atoms with E-state index in [-0.39, 0.29) is 6.42 Å². The quantitative estimate of drug-likeness (QED) is 0.505. The fraction of sp³-hybridized carbons (Fsp3) is 0.167. The van der Waals surface area contributed by atoms with E-state index in [0.29, 0.717) is 28.6 Å². The molecule has 5 nitrogen and oxygen atoms in total. The first kappa shape index (κ1) is 21.4. The Morgan fingerprint density at radius 2 is 1.60 bits per heavy atom. The molecule has 1 atom stereocenters. The van der Waals surface area contributed by atoms with Crippen LogP contribution in [-0.4, -0.2) is 18.5 Å². The largest absolute Gasteiger partial charge is 0.492 e. The van der Waals surface area contributed by atoms with Crippen molar-refractivity contribution in [1.29, 1.82) is 0 Å². The molecule has 6 heteroatoms. The Bertz CT molecular complexity index is 990. The van der Waals surface area contributed by atoms with Gasteiger partial charge in [-0.15, -0.1) is 0 Å². The molecule has 154 valence electrons. The summed E-state index contributed by atoms with van der Waals surface area (Å²) in [5, 5.41) is 3.40. The van der Waals surface area contributed by atoms with E-state index < -0.39 is 18.0 Å². The number of halogens is 1. The number of rotatable bonds is 8. The van der Waals surface area contributed by atoms with Gasteiger partial charge in [-0.2, -0.15) is 0 Å². The van der Waals surface area contributed by atoms with Crippen LogP contribution in [-0.2, 0) is 20.7 Å². The van der Waals surface area contributed by atoms with E-state index in [4.69, 9.17) is 21.1 Å². The van der Waals surface area contributed by atoms with Crippen molar-refractivity contribution in [2.75, 3.05) is 11.9 Å². The van der Waals surface area contributed by atoms with E-state index in [1.54, 1.807) is 66.7 Å². The summed E-state index contributed by atoms with van der Waals surface area (Å²) in [6, 6.07) is 22.9. The predicted molar refractivity (Wildman–Crippen MR) is 117 cm³/mol. The smallest absolute Gasteiger partial charge is 0.311 e. The third-order valence-electron chi connectivity index (χ3n) is 4.30. The van der Waals surface area contributed by atoms with Crippen LogP contribution in [0.4, 0.5) is 5.69 Å². The number of esters is 1. The van der Waals surface area contributed by atoms with Crippen molar-refractivity contribution in [3.8, 4) is 5.75 Å². The van der Waals surface area contributed by atoms with Crippen LogP contribution in [0.2, 0.25) is 5.02 Å². The summed E-state index contributed by atoms with van der Waals surface area (Å²) in [5.74, 6) is -0.426. The highest BCUT2D eigenvalue weighted by Gasteiger charge is 2.26. The molecule has 0 aliphatic heterocycles. The van der Waals surface area contributed by atoms with Gasteiger partial charge in [-0.25, -0.2) is 0 Å². The number of para-hydroxylation sites is 2. The summed E-state index contributed by atoms with van der Waals surface area (Å²) < 4.78 is 11.1. The number of hydrogen-bond acceptors (Lipinski definition) is 4. The average Bonchev–Trinajstić information content (AvgIpc) is 2.76. The highest BCUT2D eigenvalue weighted by Crippen LogP contribution is 2.27. The van der Waals surface area contributed by atoms with Gasteiger partial charge in [-0.3, -0.25) is 9.59 Å². The molecule has 0 aromatic heterocycles. The van der Waals surface area contributed by atoms with E-state index in [2.05, 4.69) is 5.32 Å². The van der Waals surface area contributed by atoms with Crippen LogP contribution in [0.3, 0.4) is 0 Å². The lowest BCUT2D eigenvalue weighted by atomic mass is 10.1. The highest BCUT2D eigenvalue weighted by molar-refractivity contribution is 6.30. The number of nitrogens with one attached hydrogen (secondary N) is 1. The number of hydrogen-bond donors (Lipinski definition) is 1. The molecule has 3 aromatic rings. The zero-order chi connectivity index (χ0) is 21.3. The first-order valence-corrected chi connectivity index (χ1v) is 9.96. The average molecular weight is 424 g/mol. The molecule has 30 heavy (non-hydrogen) atoms. The Morgan fingerprint density at radius 3 is 2.30 bits per heavy atom. The van der Waals surface area contributed by atoms with Crippen LogP contribution in [0.1, 0.15) is 24.2 Å². The van der Waals surface area contributed by atoms with Gasteiger partial charge < -0.3 is 14.8 Å². The number of carbonyl (C=O) groups is 2. The van der Waals surface area contributed by atoms with Crippen molar-refractivity contribution < 1.29 is 19.1 Å². The van der Waals surface area contributed by atoms with Crippen molar-refractivity contribution >= 4 is 29.2 Å². The fourth-order valence-corrected chi connectivity index (χ4v) is 3.02. The van der Waals surface area contributed by atoms with Gasteiger partial charge in [0.2, 0.25) is 6.10 Å². The molecule has 0 heterocycles. The number of benzene rings is 3. The zero-order valence-electron chi connectivity index (χ0n) is 16.5. The van der Waals surface area contributed by atoms with Gasteiger partial charge in [0.05, 0.1) is 18.7 Å². The molecule has 0 saturated carbocycles. The lowest BCUT2D eigenvalue weighted by Crippen LogP contribution is -2.26. The van der Waals surface area contributed by atoms with Crippen LogP contribution in [0.15, 0.2) is 78.9 Å². The molecule has 1 N–H and O–H groups in total. The Balaban J connectivity index is 1.78. The number of amides is 1. The van der Waals surface area contributed by atoms with Gasteiger partial charge in [-0.05, 0) is 36.8 Å². The van der Waals surface area contributed by atoms with Gasteiger partial charge in [0.15, 0.2) is 0 Å². The molecule has 0 saturated heterocycles. The summed E-state index contributed by atoms with van der Waals surface area (Å²) >= 11 is 5.89. The Labute approximate surface area is 180 Å².